The summed E-state index contributed by atoms with van der Waals surface area (Å²) >= 11 is 0. The number of nitrogens with zero attached hydrogens (tertiary/aromatic N) is 2. The highest BCUT2D eigenvalue weighted by molar-refractivity contribution is 6.01. The number of anilines is 1. The lowest BCUT2D eigenvalue weighted by Gasteiger charge is -2.32. The molecule has 2 aliphatic rings. The third-order valence-electron chi connectivity index (χ3n) is 8.53. The molecule has 0 unspecified atom stereocenters. The van der Waals surface area contributed by atoms with E-state index < -0.39 is 0 Å². The first-order valence-electron chi connectivity index (χ1n) is 16.2. The van der Waals surface area contributed by atoms with E-state index in [1.807, 2.05) is 12.1 Å². The molecular formula is C35H52FN2O3+. The first-order valence-corrected chi connectivity index (χ1v) is 16.2. The van der Waals surface area contributed by atoms with E-state index >= 15 is 0 Å². The van der Waals surface area contributed by atoms with Gasteiger partial charge in [-0.05, 0) is 31.0 Å². The molecule has 226 valence electrons. The lowest BCUT2D eigenvalue weighted by molar-refractivity contribution is -0.546. The normalized spacial score (nSPS) is 15.3. The van der Waals surface area contributed by atoms with Crippen LogP contribution in [0.1, 0.15) is 101 Å². The van der Waals surface area contributed by atoms with Crippen molar-refractivity contribution in [3.63, 3.8) is 0 Å². The fraction of sp³-hybridized carbons (Fsp3) is 0.629. The van der Waals surface area contributed by atoms with Gasteiger partial charge in [0, 0.05) is 31.5 Å². The molecule has 0 aromatic heterocycles. The zero-order valence-corrected chi connectivity index (χ0v) is 25.8. The number of benzene rings is 2. The van der Waals surface area contributed by atoms with Gasteiger partial charge in [-0.1, -0.05) is 77.3 Å². The number of rotatable bonds is 17. The molecule has 6 heteroatoms. The molecule has 2 heterocycles. The van der Waals surface area contributed by atoms with Gasteiger partial charge in [0.05, 0.1) is 43.7 Å². The summed E-state index contributed by atoms with van der Waals surface area (Å²) in [5.41, 5.74) is 5.66. The minimum atomic E-state index is -0.129. The maximum absolute atomic E-state index is 14.8. The van der Waals surface area contributed by atoms with E-state index in [0.29, 0.717) is 26.4 Å². The van der Waals surface area contributed by atoms with Crippen LogP contribution in [0.3, 0.4) is 0 Å². The molecule has 2 aromatic carbocycles. The SMILES string of the molecule is CCCCCCCCOc1c2c(cc(N3CCOCC3)c1OC)C(CCCCCC)=[N+](Cc1ccccc1F)CC2. The van der Waals surface area contributed by atoms with Gasteiger partial charge in [-0.3, -0.25) is 0 Å². The van der Waals surface area contributed by atoms with E-state index in [1.165, 1.54) is 68.2 Å². The molecule has 1 fully saturated rings. The number of hydrogen-bond donors (Lipinski definition) is 0. The average Bonchev–Trinajstić information content (AvgIpc) is 3.00. The Hall–Kier alpha value is -2.60. The largest absolute Gasteiger partial charge is 0.491 e. The van der Waals surface area contributed by atoms with Crippen LogP contribution in [-0.2, 0) is 17.7 Å². The van der Waals surface area contributed by atoms with Crippen LogP contribution >= 0.6 is 0 Å². The Labute approximate surface area is 247 Å². The van der Waals surface area contributed by atoms with Crippen molar-refractivity contribution >= 4 is 11.4 Å². The van der Waals surface area contributed by atoms with Crippen molar-refractivity contribution in [2.24, 2.45) is 0 Å². The molecule has 4 rings (SSSR count). The van der Waals surface area contributed by atoms with Crippen molar-refractivity contribution in [3.8, 4) is 11.5 Å². The minimum absolute atomic E-state index is 0.129. The molecule has 2 aliphatic heterocycles. The summed E-state index contributed by atoms with van der Waals surface area (Å²) in [6.45, 7) is 9.72. The van der Waals surface area contributed by atoms with E-state index in [-0.39, 0.29) is 5.82 Å². The molecule has 41 heavy (non-hydrogen) atoms. The summed E-state index contributed by atoms with van der Waals surface area (Å²) < 4.78 is 35.6. The first kappa shape index (κ1) is 31.3. The lowest BCUT2D eigenvalue weighted by atomic mass is 9.90. The van der Waals surface area contributed by atoms with Gasteiger partial charge in [-0.15, -0.1) is 0 Å². The zero-order chi connectivity index (χ0) is 28.9. The van der Waals surface area contributed by atoms with Gasteiger partial charge in [0.15, 0.2) is 23.8 Å². The summed E-state index contributed by atoms with van der Waals surface area (Å²) in [5, 5.41) is 0. The fourth-order valence-corrected chi connectivity index (χ4v) is 6.19. The van der Waals surface area contributed by atoms with Gasteiger partial charge >= 0.3 is 0 Å². The highest BCUT2D eigenvalue weighted by atomic mass is 19.1. The van der Waals surface area contributed by atoms with Gasteiger partial charge in [0.2, 0.25) is 0 Å². The Morgan fingerprint density at radius 1 is 0.902 bits per heavy atom. The lowest BCUT2D eigenvalue weighted by Crippen LogP contribution is -2.37. The second-order valence-corrected chi connectivity index (χ2v) is 11.5. The van der Waals surface area contributed by atoms with Crippen LogP contribution in [0.15, 0.2) is 30.3 Å². The molecule has 0 bridgehead atoms. The van der Waals surface area contributed by atoms with E-state index in [9.17, 15) is 4.39 Å². The molecule has 0 saturated carbocycles. The topological polar surface area (TPSA) is 33.9 Å². The van der Waals surface area contributed by atoms with Gasteiger partial charge < -0.3 is 19.1 Å². The Kier molecular flexibility index (Phi) is 12.8. The van der Waals surface area contributed by atoms with Crippen molar-refractivity contribution in [2.45, 2.75) is 97.4 Å². The van der Waals surface area contributed by atoms with E-state index in [1.54, 1.807) is 19.2 Å². The number of ether oxygens (including phenoxy) is 3. The highest BCUT2D eigenvalue weighted by Gasteiger charge is 2.33. The van der Waals surface area contributed by atoms with Crippen LogP contribution in [-0.4, -0.2) is 56.9 Å². The monoisotopic (exact) mass is 567 g/mol. The fourth-order valence-electron chi connectivity index (χ4n) is 6.19. The van der Waals surface area contributed by atoms with Gasteiger partial charge in [-0.2, -0.15) is 0 Å². The summed E-state index contributed by atoms with van der Waals surface area (Å²) in [6.07, 6.45) is 14.0. The van der Waals surface area contributed by atoms with Crippen LogP contribution in [0, 0.1) is 5.82 Å². The van der Waals surface area contributed by atoms with E-state index in [4.69, 9.17) is 14.2 Å². The van der Waals surface area contributed by atoms with E-state index in [0.717, 1.165) is 68.1 Å². The van der Waals surface area contributed by atoms with Crippen molar-refractivity contribution in [2.75, 3.05) is 51.5 Å². The second kappa shape index (κ2) is 16.7. The molecule has 1 saturated heterocycles. The maximum atomic E-state index is 14.8. The predicted octanol–water partition coefficient (Wildman–Crippen LogP) is 7.94. The molecule has 5 nitrogen and oxygen atoms in total. The van der Waals surface area contributed by atoms with Gasteiger partial charge in [0.1, 0.15) is 12.4 Å². The smallest absolute Gasteiger partial charge is 0.184 e. The van der Waals surface area contributed by atoms with Gasteiger partial charge in [0.25, 0.3) is 0 Å². The summed E-state index contributed by atoms with van der Waals surface area (Å²) in [6, 6.07) is 9.53. The first-order chi connectivity index (χ1) is 20.2. The van der Waals surface area contributed by atoms with Crippen LogP contribution in [0.5, 0.6) is 11.5 Å². The number of hydrogen-bond acceptors (Lipinski definition) is 4. The molecule has 2 aromatic rings. The number of methoxy groups -OCH3 is 1. The Bertz CT molecular complexity index is 1130. The molecule has 0 radical (unpaired) electrons. The number of unbranched alkanes of at least 4 members (excludes halogenated alkanes) is 8. The van der Waals surface area contributed by atoms with E-state index in [2.05, 4.69) is 29.4 Å². The van der Waals surface area contributed by atoms with Crippen molar-refractivity contribution < 1.29 is 23.2 Å². The number of fused-ring (bicyclic) bond motifs is 1. The maximum Gasteiger partial charge on any atom is 0.184 e. The molecule has 0 N–H and O–H groups in total. The molecule has 0 amide bonds. The quantitative estimate of drug-likeness (QED) is 0.144. The minimum Gasteiger partial charge on any atom is -0.491 e. The average molecular weight is 568 g/mol. The standard InChI is InChI=1S/C35H52FN2O3/c1-4-6-8-10-11-15-23-41-34-29-19-20-38(27-28-16-13-14-17-31(28)36)32(18-12-9-7-5-2)30(29)26-33(35(34)39-3)37-21-24-40-25-22-37/h13-14,16-17,26H,4-12,15,18-25,27H2,1-3H3/q+1. The third kappa shape index (κ3) is 8.47. The highest BCUT2D eigenvalue weighted by Crippen LogP contribution is 2.45. The van der Waals surface area contributed by atoms with Crippen LogP contribution in [0.25, 0.3) is 0 Å². The van der Waals surface area contributed by atoms with Crippen LogP contribution in [0.2, 0.25) is 0 Å². The Morgan fingerprint density at radius 2 is 1.61 bits per heavy atom. The van der Waals surface area contributed by atoms with Crippen LogP contribution in [0.4, 0.5) is 10.1 Å². The number of morpholine rings is 1. The third-order valence-corrected chi connectivity index (χ3v) is 8.53. The summed E-state index contributed by atoms with van der Waals surface area (Å²) in [5.74, 6) is 1.64. The van der Waals surface area contributed by atoms with Crippen molar-refractivity contribution in [3.05, 3.63) is 52.8 Å². The zero-order valence-electron chi connectivity index (χ0n) is 25.8. The Balaban J connectivity index is 1.71. The van der Waals surface area contributed by atoms with Gasteiger partial charge in [-0.25, -0.2) is 8.97 Å². The molecule has 0 atom stereocenters. The molecule has 0 spiro atoms. The predicted molar refractivity (Wildman–Crippen MR) is 167 cm³/mol. The van der Waals surface area contributed by atoms with Crippen molar-refractivity contribution in [1.82, 2.24) is 0 Å². The second-order valence-electron chi connectivity index (χ2n) is 11.5. The Morgan fingerprint density at radius 3 is 2.34 bits per heavy atom. The molecular weight excluding hydrogens is 515 g/mol. The summed E-state index contributed by atoms with van der Waals surface area (Å²) in [7, 11) is 1.77. The molecule has 0 aliphatic carbocycles. The van der Waals surface area contributed by atoms with Crippen LogP contribution < -0.4 is 14.4 Å². The number of halogens is 1. The van der Waals surface area contributed by atoms with Crippen molar-refractivity contribution in [1.29, 1.82) is 0 Å². The summed E-state index contributed by atoms with van der Waals surface area (Å²) in [4.78, 5) is 2.38.